The molecule has 9 rings (SSSR count). The summed E-state index contributed by atoms with van der Waals surface area (Å²) in [4.78, 5) is 15.2. The highest BCUT2D eigenvalue weighted by atomic mass is 16.3. The quantitative estimate of drug-likeness (QED) is 0.209. The standard InChI is InChI=1S/C41H27N3O/c1-2-12-28(13-3-1)39-42-40(32-21-19-27-11-5-7-15-30(27)23-32)44-41(43-39)33-24-35(31-20-18-26-10-4-6-14-29(26)22-31)38-34-16-8-9-17-36(34)45-37(38)25-33/h1-18,20-25,27H,19H2. The molecule has 7 aromatic rings. The summed E-state index contributed by atoms with van der Waals surface area (Å²) in [5.74, 6) is 2.33. The van der Waals surface area contributed by atoms with E-state index < -0.39 is 0 Å². The smallest absolute Gasteiger partial charge is 0.164 e. The first-order chi connectivity index (χ1) is 22.3. The monoisotopic (exact) mass is 577 g/mol. The molecule has 0 saturated heterocycles. The van der Waals surface area contributed by atoms with Crippen LogP contribution in [0.2, 0.25) is 0 Å². The molecule has 0 radical (unpaired) electrons. The topological polar surface area (TPSA) is 51.8 Å². The van der Waals surface area contributed by atoms with Crippen molar-refractivity contribution in [2.45, 2.75) is 6.42 Å². The molecule has 0 fully saturated rings. The van der Waals surface area contributed by atoms with Gasteiger partial charge in [-0.25, -0.2) is 15.0 Å². The van der Waals surface area contributed by atoms with Gasteiger partial charge in [-0.3, -0.25) is 0 Å². The maximum atomic E-state index is 6.48. The summed E-state index contributed by atoms with van der Waals surface area (Å²) in [6.07, 6.45) is 14.0. The molecule has 45 heavy (non-hydrogen) atoms. The molecule has 0 aliphatic heterocycles. The molecule has 0 spiro atoms. The van der Waals surface area contributed by atoms with Crippen LogP contribution in [-0.4, -0.2) is 15.0 Å². The number of rotatable bonds is 4. The Morgan fingerprint density at radius 1 is 0.600 bits per heavy atom. The molecular formula is C41H27N3O. The molecule has 0 bridgehead atoms. The van der Waals surface area contributed by atoms with E-state index in [1.807, 2.05) is 42.5 Å². The van der Waals surface area contributed by atoms with Crippen LogP contribution in [0.25, 0.3) is 72.2 Å². The van der Waals surface area contributed by atoms with Gasteiger partial charge in [0.15, 0.2) is 17.5 Å². The average molecular weight is 578 g/mol. The van der Waals surface area contributed by atoms with Crippen LogP contribution in [0.1, 0.15) is 12.2 Å². The van der Waals surface area contributed by atoms with Crippen molar-refractivity contribution in [2.24, 2.45) is 5.92 Å². The van der Waals surface area contributed by atoms with Gasteiger partial charge in [0, 0.05) is 33.4 Å². The predicted molar refractivity (Wildman–Crippen MR) is 183 cm³/mol. The zero-order valence-corrected chi connectivity index (χ0v) is 24.4. The normalized spacial score (nSPS) is 15.8. The summed E-state index contributed by atoms with van der Waals surface area (Å²) in [5, 5.41) is 4.58. The SMILES string of the molecule is C1=CC2=CC(c3nc(-c4ccccc4)nc(-c4cc(-c5ccc6ccccc6c5)c5c(c4)oc4ccccc45)n3)=CCC2C=C1. The first-order valence-corrected chi connectivity index (χ1v) is 15.3. The molecule has 0 saturated carbocycles. The number of benzene rings is 5. The first kappa shape index (κ1) is 25.6. The number of aromatic nitrogens is 3. The lowest BCUT2D eigenvalue weighted by Gasteiger charge is -2.20. The third-order valence-electron chi connectivity index (χ3n) is 8.81. The molecule has 2 aliphatic carbocycles. The van der Waals surface area contributed by atoms with Gasteiger partial charge in [0.25, 0.3) is 0 Å². The highest BCUT2D eigenvalue weighted by Gasteiger charge is 2.21. The summed E-state index contributed by atoms with van der Waals surface area (Å²) in [6, 6.07) is 37.7. The van der Waals surface area contributed by atoms with Crippen LogP contribution in [0.3, 0.4) is 0 Å². The van der Waals surface area contributed by atoms with Gasteiger partial charge in [-0.1, -0.05) is 115 Å². The zero-order chi connectivity index (χ0) is 29.7. The number of hydrogen-bond acceptors (Lipinski definition) is 4. The van der Waals surface area contributed by atoms with Crippen LogP contribution in [0, 0.1) is 5.92 Å². The van der Waals surface area contributed by atoms with E-state index in [2.05, 4.69) is 103 Å². The fourth-order valence-corrected chi connectivity index (χ4v) is 6.54. The Labute approximate surface area is 260 Å². The van der Waals surface area contributed by atoms with E-state index in [0.717, 1.165) is 56.2 Å². The number of para-hydroxylation sites is 1. The van der Waals surface area contributed by atoms with Gasteiger partial charge in [0.1, 0.15) is 11.2 Å². The molecule has 2 aromatic heterocycles. The number of furan rings is 1. The minimum absolute atomic E-state index is 0.397. The lowest BCUT2D eigenvalue weighted by molar-refractivity contribution is 0.669. The van der Waals surface area contributed by atoms with Crippen molar-refractivity contribution >= 4 is 38.3 Å². The summed E-state index contributed by atoms with van der Waals surface area (Å²) < 4.78 is 6.48. The molecule has 2 aliphatic rings. The van der Waals surface area contributed by atoms with E-state index in [9.17, 15) is 0 Å². The fourth-order valence-electron chi connectivity index (χ4n) is 6.54. The van der Waals surface area contributed by atoms with E-state index >= 15 is 0 Å². The summed E-state index contributed by atoms with van der Waals surface area (Å²) >= 11 is 0. The van der Waals surface area contributed by atoms with Crippen LogP contribution in [0.15, 0.2) is 156 Å². The largest absolute Gasteiger partial charge is 0.456 e. The zero-order valence-electron chi connectivity index (χ0n) is 24.4. The summed E-state index contributed by atoms with van der Waals surface area (Å²) in [7, 11) is 0. The van der Waals surface area contributed by atoms with Crippen molar-refractivity contribution in [3.8, 4) is 33.9 Å². The Morgan fingerprint density at radius 2 is 1.38 bits per heavy atom. The van der Waals surface area contributed by atoms with Crippen molar-refractivity contribution < 1.29 is 4.42 Å². The van der Waals surface area contributed by atoms with Crippen LogP contribution in [-0.2, 0) is 0 Å². The van der Waals surface area contributed by atoms with E-state index in [1.54, 1.807) is 0 Å². The van der Waals surface area contributed by atoms with Gasteiger partial charge in [-0.15, -0.1) is 0 Å². The Bertz CT molecular complexity index is 2410. The van der Waals surface area contributed by atoms with E-state index in [1.165, 1.54) is 16.3 Å². The second kappa shape index (κ2) is 10.4. The molecule has 2 heterocycles. The highest BCUT2D eigenvalue weighted by molar-refractivity contribution is 6.14. The van der Waals surface area contributed by atoms with E-state index in [0.29, 0.717) is 23.4 Å². The minimum Gasteiger partial charge on any atom is -0.456 e. The maximum absolute atomic E-state index is 6.48. The second-order valence-corrected chi connectivity index (χ2v) is 11.6. The molecule has 0 N–H and O–H groups in total. The van der Waals surface area contributed by atoms with Gasteiger partial charge in [-0.2, -0.15) is 0 Å². The molecule has 4 heteroatoms. The molecule has 5 aromatic carbocycles. The number of allylic oxidation sites excluding steroid dienone is 8. The van der Waals surface area contributed by atoms with Gasteiger partial charge < -0.3 is 4.42 Å². The third-order valence-corrected chi connectivity index (χ3v) is 8.81. The Balaban J connectivity index is 1.28. The Kier molecular flexibility index (Phi) is 5.91. The van der Waals surface area contributed by atoms with Crippen molar-refractivity contribution in [2.75, 3.05) is 0 Å². The van der Waals surface area contributed by atoms with Crippen LogP contribution >= 0.6 is 0 Å². The second-order valence-electron chi connectivity index (χ2n) is 11.6. The van der Waals surface area contributed by atoms with Crippen molar-refractivity contribution in [3.05, 3.63) is 157 Å². The number of fused-ring (bicyclic) bond motifs is 5. The number of hydrogen-bond donors (Lipinski definition) is 0. The van der Waals surface area contributed by atoms with Crippen molar-refractivity contribution in [3.63, 3.8) is 0 Å². The summed E-state index contributed by atoms with van der Waals surface area (Å²) in [6.45, 7) is 0. The molecule has 4 nitrogen and oxygen atoms in total. The van der Waals surface area contributed by atoms with E-state index in [4.69, 9.17) is 19.4 Å². The molecule has 1 atom stereocenters. The minimum atomic E-state index is 0.397. The molecule has 212 valence electrons. The Morgan fingerprint density at radius 3 is 2.29 bits per heavy atom. The molecular weight excluding hydrogens is 550 g/mol. The highest BCUT2D eigenvalue weighted by Crippen LogP contribution is 2.41. The average Bonchev–Trinajstić information content (AvgIpc) is 3.50. The fraction of sp³-hybridized carbons (Fsp3) is 0.0488. The van der Waals surface area contributed by atoms with Gasteiger partial charge in [0.05, 0.1) is 0 Å². The third kappa shape index (κ3) is 4.50. The maximum Gasteiger partial charge on any atom is 0.164 e. The van der Waals surface area contributed by atoms with Gasteiger partial charge in [0.2, 0.25) is 0 Å². The van der Waals surface area contributed by atoms with Crippen LogP contribution in [0.5, 0.6) is 0 Å². The van der Waals surface area contributed by atoms with Gasteiger partial charge in [-0.05, 0) is 64.2 Å². The molecule has 1 unspecified atom stereocenters. The van der Waals surface area contributed by atoms with Crippen LogP contribution in [0.4, 0.5) is 0 Å². The van der Waals surface area contributed by atoms with Crippen molar-refractivity contribution in [1.29, 1.82) is 0 Å². The number of nitrogens with zero attached hydrogens (tertiary/aromatic N) is 3. The summed E-state index contributed by atoms with van der Waals surface area (Å²) in [5.41, 5.74) is 7.99. The van der Waals surface area contributed by atoms with Gasteiger partial charge >= 0.3 is 0 Å². The first-order valence-electron chi connectivity index (χ1n) is 15.3. The predicted octanol–water partition coefficient (Wildman–Crippen LogP) is 10.4. The molecule has 0 amide bonds. The van der Waals surface area contributed by atoms with E-state index in [-0.39, 0.29) is 0 Å². The van der Waals surface area contributed by atoms with Crippen molar-refractivity contribution in [1.82, 2.24) is 15.0 Å². The lowest BCUT2D eigenvalue weighted by atomic mass is 9.85. The van der Waals surface area contributed by atoms with Crippen LogP contribution < -0.4 is 0 Å². The lowest BCUT2D eigenvalue weighted by Crippen LogP contribution is -2.08. The Hall–Kier alpha value is -5.87.